The molecule has 0 aromatic heterocycles. The molecule has 2 fully saturated rings. The van der Waals surface area contributed by atoms with E-state index in [2.05, 4.69) is 0 Å². The molecule has 2 saturated carbocycles. The van der Waals surface area contributed by atoms with Crippen molar-refractivity contribution in [2.75, 3.05) is 7.05 Å². The highest BCUT2D eigenvalue weighted by atomic mass is 35.5. The Labute approximate surface area is 181 Å². The predicted molar refractivity (Wildman–Crippen MR) is 105 cm³/mol. The maximum absolute atomic E-state index is 13.3. The van der Waals surface area contributed by atoms with E-state index in [1.807, 2.05) is 0 Å². The van der Waals surface area contributed by atoms with Gasteiger partial charge in [0.1, 0.15) is 9.75 Å². The molecule has 0 spiro atoms. The smallest absolute Gasteiger partial charge is 0.309 e. The average molecular weight is 484 g/mol. The number of halogens is 6. The summed E-state index contributed by atoms with van der Waals surface area (Å²) in [4.78, 5) is 23.0. The number of amides is 1. The fourth-order valence-corrected chi connectivity index (χ4v) is 7.41. The molecule has 0 aliphatic heterocycles. The number of alkyl halides is 4. The third-order valence-corrected chi connectivity index (χ3v) is 10.2. The molecule has 1 amide bonds. The molecular weight excluding hydrogens is 467 g/mol. The van der Waals surface area contributed by atoms with Crippen LogP contribution in [0.15, 0.2) is 10.1 Å². The highest BCUT2D eigenvalue weighted by Gasteiger charge is 2.85. The van der Waals surface area contributed by atoms with E-state index in [-0.39, 0.29) is 16.1 Å². The van der Waals surface area contributed by atoms with Gasteiger partial charge in [-0.25, -0.2) is 0 Å². The van der Waals surface area contributed by atoms with E-state index in [0.29, 0.717) is 0 Å². The van der Waals surface area contributed by atoms with Gasteiger partial charge < -0.3 is 10.0 Å². The number of carboxylic acids is 1. The third-order valence-electron chi connectivity index (χ3n) is 5.94. The largest absolute Gasteiger partial charge is 0.481 e. The fraction of sp³-hybridized carbons (Fsp3) is 0.750. The van der Waals surface area contributed by atoms with Gasteiger partial charge in [-0.05, 0) is 12.8 Å². The van der Waals surface area contributed by atoms with Gasteiger partial charge in [-0.15, -0.1) is 23.2 Å². The Bertz CT molecular complexity index is 691. The summed E-state index contributed by atoms with van der Waals surface area (Å²) in [7, 11) is 1.63. The van der Waals surface area contributed by atoms with Crippen molar-refractivity contribution in [3.8, 4) is 0 Å². The van der Waals surface area contributed by atoms with Gasteiger partial charge >= 0.3 is 5.97 Å². The average Bonchev–Trinajstić information content (AvgIpc) is 2.81. The zero-order valence-electron chi connectivity index (χ0n) is 13.7. The first-order chi connectivity index (χ1) is 11.9. The SMILES string of the molecule is CN(C(=O)[C@H]1[C@@H](C(=O)O)[C@]2(Cl)C(Cl)=C(Cl)[C@]1(Cl)C2(Cl)Cl)C1CCCCC1. The molecule has 3 rings (SSSR count). The lowest BCUT2D eigenvalue weighted by Gasteiger charge is -2.39. The molecule has 1 N–H and O–H groups in total. The van der Waals surface area contributed by atoms with Crippen molar-refractivity contribution in [1.82, 2.24) is 4.90 Å². The summed E-state index contributed by atoms with van der Waals surface area (Å²) in [5.74, 6) is -4.69. The van der Waals surface area contributed by atoms with Gasteiger partial charge in [0, 0.05) is 13.1 Å². The molecule has 3 aliphatic carbocycles. The number of carbonyl (C=O) groups is 2. The van der Waals surface area contributed by atoms with E-state index in [1.54, 1.807) is 7.05 Å². The molecule has 146 valence electrons. The van der Waals surface area contributed by atoms with Crippen LogP contribution >= 0.6 is 69.6 Å². The van der Waals surface area contributed by atoms with Crippen LogP contribution in [0.5, 0.6) is 0 Å². The van der Waals surface area contributed by atoms with E-state index in [9.17, 15) is 14.7 Å². The Morgan fingerprint density at radius 1 is 0.962 bits per heavy atom. The predicted octanol–water partition coefficient (Wildman–Crippen LogP) is 4.94. The van der Waals surface area contributed by atoms with Crippen molar-refractivity contribution in [3.05, 3.63) is 10.1 Å². The Kier molecular flexibility index (Phi) is 5.48. The molecule has 0 aromatic carbocycles. The number of allylic oxidation sites excluding steroid dienone is 2. The van der Waals surface area contributed by atoms with Crippen LogP contribution in [0.2, 0.25) is 0 Å². The first kappa shape index (κ1) is 21.1. The van der Waals surface area contributed by atoms with Gasteiger partial charge in [0.25, 0.3) is 0 Å². The zero-order valence-corrected chi connectivity index (χ0v) is 18.3. The topological polar surface area (TPSA) is 57.6 Å². The first-order valence-corrected chi connectivity index (χ1v) is 10.5. The van der Waals surface area contributed by atoms with E-state index in [1.165, 1.54) is 4.90 Å². The summed E-state index contributed by atoms with van der Waals surface area (Å²) in [6, 6.07) is -0.00496. The molecule has 0 aromatic rings. The number of nitrogens with zero attached hydrogens (tertiary/aromatic N) is 1. The number of carboxylic acid groups (broad SMARTS) is 1. The highest BCUT2D eigenvalue weighted by Crippen LogP contribution is 2.76. The number of rotatable bonds is 3. The standard InChI is InChI=1S/C16H17Cl6NO3/c1-23(7-5-3-2-4-6-7)12(24)8-9(13(25)26)15(20)11(18)10(17)14(8,19)16(15,21)22/h7-9H,2-6H2,1H3,(H,25,26)/t8-,9+,14+,15+/m1/s1. The minimum absolute atomic E-state index is 0.00496. The van der Waals surface area contributed by atoms with Crippen LogP contribution in [-0.2, 0) is 9.59 Å². The summed E-state index contributed by atoms with van der Waals surface area (Å²) in [6.45, 7) is 0. The minimum atomic E-state index is -2.06. The van der Waals surface area contributed by atoms with Crippen LogP contribution in [0.3, 0.4) is 0 Å². The van der Waals surface area contributed by atoms with Crippen LogP contribution in [0.1, 0.15) is 32.1 Å². The van der Waals surface area contributed by atoms with Crippen LogP contribution in [0.25, 0.3) is 0 Å². The van der Waals surface area contributed by atoms with Gasteiger partial charge in [0.15, 0.2) is 4.33 Å². The highest BCUT2D eigenvalue weighted by molar-refractivity contribution is 6.66. The number of hydrogen-bond donors (Lipinski definition) is 1. The van der Waals surface area contributed by atoms with E-state index in [4.69, 9.17) is 69.6 Å². The third kappa shape index (κ3) is 2.42. The van der Waals surface area contributed by atoms with Crippen molar-refractivity contribution >= 4 is 81.5 Å². The van der Waals surface area contributed by atoms with Gasteiger partial charge in [-0.2, -0.15) is 0 Å². The molecule has 0 unspecified atom stereocenters. The van der Waals surface area contributed by atoms with Crippen molar-refractivity contribution in [2.45, 2.75) is 52.2 Å². The number of hydrogen-bond acceptors (Lipinski definition) is 2. The first-order valence-electron chi connectivity index (χ1n) is 8.25. The molecule has 26 heavy (non-hydrogen) atoms. The van der Waals surface area contributed by atoms with Gasteiger partial charge in [0.2, 0.25) is 5.91 Å². The van der Waals surface area contributed by atoms with E-state index >= 15 is 0 Å². The molecular formula is C16H17Cl6NO3. The van der Waals surface area contributed by atoms with E-state index < -0.39 is 37.8 Å². The van der Waals surface area contributed by atoms with Crippen LogP contribution in [0, 0.1) is 11.8 Å². The van der Waals surface area contributed by atoms with Crippen LogP contribution in [0.4, 0.5) is 0 Å². The quantitative estimate of drug-likeness (QED) is 0.578. The second-order valence-electron chi connectivity index (χ2n) is 7.16. The molecule has 0 radical (unpaired) electrons. The molecule has 0 heterocycles. The van der Waals surface area contributed by atoms with Crippen molar-refractivity contribution in [3.63, 3.8) is 0 Å². The number of carbonyl (C=O) groups excluding carboxylic acids is 1. The zero-order chi connectivity index (χ0) is 19.7. The monoisotopic (exact) mass is 481 g/mol. The number of aliphatic carboxylic acids is 1. The van der Waals surface area contributed by atoms with Crippen LogP contribution in [-0.4, -0.2) is 49.1 Å². The molecule has 3 aliphatic rings. The van der Waals surface area contributed by atoms with Gasteiger partial charge in [-0.3, -0.25) is 9.59 Å². The summed E-state index contributed by atoms with van der Waals surface area (Å²) >= 11 is 38.5. The van der Waals surface area contributed by atoms with Gasteiger partial charge in [-0.1, -0.05) is 65.7 Å². The lowest BCUT2D eigenvalue weighted by Crippen LogP contribution is -2.52. The summed E-state index contributed by atoms with van der Waals surface area (Å²) < 4.78 is -2.06. The Balaban J connectivity index is 2.08. The van der Waals surface area contributed by atoms with Crippen molar-refractivity contribution in [2.24, 2.45) is 11.8 Å². The van der Waals surface area contributed by atoms with Crippen molar-refractivity contribution in [1.29, 1.82) is 0 Å². The lowest BCUT2D eigenvalue weighted by molar-refractivity contribution is -0.151. The summed E-state index contributed by atoms with van der Waals surface area (Å²) in [6.07, 6.45) is 4.79. The lowest BCUT2D eigenvalue weighted by atomic mass is 9.80. The molecule has 2 bridgehead atoms. The van der Waals surface area contributed by atoms with E-state index in [0.717, 1.165) is 32.1 Å². The maximum Gasteiger partial charge on any atom is 0.309 e. The summed E-state index contributed by atoms with van der Waals surface area (Å²) in [5, 5.41) is 9.41. The maximum atomic E-state index is 13.3. The Morgan fingerprint density at radius 3 is 1.88 bits per heavy atom. The van der Waals surface area contributed by atoms with Crippen molar-refractivity contribution < 1.29 is 14.7 Å². The molecule has 4 nitrogen and oxygen atoms in total. The second-order valence-corrected chi connectivity index (χ2v) is 10.4. The normalized spacial score (nSPS) is 39.3. The second kappa shape index (κ2) is 6.74. The molecule has 4 atom stereocenters. The minimum Gasteiger partial charge on any atom is -0.481 e. The molecule has 0 saturated heterocycles. The Morgan fingerprint density at radius 2 is 1.42 bits per heavy atom. The van der Waals surface area contributed by atoms with Crippen LogP contribution < -0.4 is 0 Å². The number of fused-ring (bicyclic) bond motifs is 2. The molecule has 10 heteroatoms. The fourth-order valence-electron chi connectivity index (χ4n) is 4.48. The Hall–Kier alpha value is 0.420. The summed E-state index contributed by atoms with van der Waals surface area (Å²) in [5.41, 5.74) is 0. The van der Waals surface area contributed by atoms with Gasteiger partial charge in [0.05, 0.1) is 21.9 Å².